The molecule has 1 aliphatic carbocycles. The predicted octanol–water partition coefficient (Wildman–Crippen LogP) is 3.14. The van der Waals surface area contributed by atoms with Gasteiger partial charge in [0.1, 0.15) is 0 Å². The first kappa shape index (κ1) is 10.4. The van der Waals surface area contributed by atoms with Gasteiger partial charge in [0, 0.05) is 11.2 Å². The molecule has 2 atom stereocenters. The molecule has 88 valence electrons. The lowest BCUT2D eigenvalue weighted by atomic mass is 10.0. The Labute approximate surface area is 99.5 Å². The van der Waals surface area contributed by atoms with Gasteiger partial charge >= 0.3 is 5.97 Å². The van der Waals surface area contributed by atoms with Gasteiger partial charge in [0.15, 0.2) is 0 Å². The van der Waals surface area contributed by atoms with E-state index in [2.05, 4.69) is 23.2 Å². The van der Waals surface area contributed by atoms with Crippen LogP contribution in [0.2, 0.25) is 0 Å². The molecule has 2 N–H and O–H groups in total. The van der Waals surface area contributed by atoms with E-state index in [0.29, 0.717) is 5.92 Å². The van der Waals surface area contributed by atoms with Crippen molar-refractivity contribution in [3.05, 3.63) is 36.0 Å². The summed E-state index contributed by atoms with van der Waals surface area (Å²) < 4.78 is 0. The Hall–Kier alpha value is -1.77. The van der Waals surface area contributed by atoms with Crippen molar-refractivity contribution in [1.82, 2.24) is 4.98 Å². The second-order valence-electron chi connectivity index (χ2n) is 4.86. The van der Waals surface area contributed by atoms with E-state index in [9.17, 15) is 4.79 Å². The largest absolute Gasteiger partial charge is 0.481 e. The van der Waals surface area contributed by atoms with E-state index in [0.717, 1.165) is 24.8 Å². The predicted molar refractivity (Wildman–Crippen MR) is 66.0 cm³/mol. The molecule has 1 aliphatic rings. The van der Waals surface area contributed by atoms with Crippen molar-refractivity contribution in [3.63, 3.8) is 0 Å². The van der Waals surface area contributed by atoms with Gasteiger partial charge in [0.05, 0.1) is 5.92 Å². The van der Waals surface area contributed by atoms with Crippen LogP contribution in [-0.4, -0.2) is 16.1 Å². The highest BCUT2D eigenvalue weighted by molar-refractivity contribution is 5.80. The summed E-state index contributed by atoms with van der Waals surface area (Å²) in [5, 5.41) is 10.2. The number of hydrogen-bond donors (Lipinski definition) is 2. The molecule has 1 heterocycles. The molecule has 17 heavy (non-hydrogen) atoms. The number of hydrogen-bond acceptors (Lipinski definition) is 1. The maximum Gasteiger partial charge on any atom is 0.306 e. The minimum Gasteiger partial charge on any atom is -0.481 e. The minimum absolute atomic E-state index is 0.161. The van der Waals surface area contributed by atoms with Gasteiger partial charge in [0.25, 0.3) is 0 Å². The number of rotatable bonds is 2. The van der Waals surface area contributed by atoms with E-state index < -0.39 is 5.97 Å². The van der Waals surface area contributed by atoms with Gasteiger partial charge < -0.3 is 10.1 Å². The van der Waals surface area contributed by atoms with Crippen molar-refractivity contribution < 1.29 is 9.90 Å². The molecule has 1 aromatic heterocycles. The van der Waals surface area contributed by atoms with Crippen LogP contribution in [0.15, 0.2) is 30.3 Å². The highest BCUT2D eigenvalue weighted by atomic mass is 16.4. The third-order valence-corrected chi connectivity index (χ3v) is 3.77. The monoisotopic (exact) mass is 229 g/mol. The molecule has 0 bridgehead atoms. The van der Waals surface area contributed by atoms with Crippen molar-refractivity contribution in [3.8, 4) is 0 Å². The van der Waals surface area contributed by atoms with Gasteiger partial charge in [-0.1, -0.05) is 18.2 Å². The van der Waals surface area contributed by atoms with Crippen LogP contribution in [0.3, 0.4) is 0 Å². The van der Waals surface area contributed by atoms with Crippen LogP contribution < -0.4 is 0 Å². The molecule has 0 aliphatic heterocycles. The summed E-state index contributed by atoms with van der Waals surface area (Å²) in [6.45, 7) is 0. The fourth-order valence-corrected chi connectivity index (χ4v) is 2.80. The summed E-state index contributed by atoms with van der Waals surface area (Å²) in [5.41, 5.74) is 2.33. The van der Waals surface area contributed by atoms with E-state index in [4.69, 9.17) is 5.11 Å². The molecule has 0 spiro atoms. The standard InChI is InChI=1S/C14H15NO2/c16-14(17)11-6-5-10(7-11)13-8-9-3-1-2-4-12(9)15-13/h1-4,8,10-11,15H,5-7H2,(H,16,17). The number of nitrogens with one attached hydrogen (secondary N) is 1. The molecule has 3 nitrogen and oxygen atoms in total. The SMILES string of the molecule is O=C(O)C1CCC(c2cc3ccccc3[nH]2)C1. The van der Waals surface area contributed by atoms with Crippen LogP contribution in [0, 0.1) is 5.92 Å². The van der Waals surface area contributed by atoms with Crippen molar-refractivity contribution in [2.45, 2.75) is 25.2 Å². The number of aliphatic carboxylic acids is 1. The molecular weight excluding hydrogens is 214 g/mol. The molecular formula is C14H15NO2. The molecule has 0 saturated heterocycles. The Balaban J connectivity index is 1.87. The van der Waals surface area contributed by atoms with Crippen LogP contribution in [0.5, 0.6) is 0 Å². The smallest absolute Gasteiger partial charge is 0.306 e. The van der Waals surface area contributed by atoms with E-state index >= 15 is 0 Å². The summed E-state index contributed by atoms with van der Waals surface area (Å²) in [7, 11) is 0. The third kappa shape index (κ3) is 1.82. The Bertz CT molecular complexity index is 525. The average molecular weight is 229 g/mol. The van der Waals surface area contributed by atoms with Crippen molar-refractivity contribution in [2.24, 2.45) is 5.92 Å². The van der Waals surface area contributed by atoms with Gasteiger partial charge in [-0.3, -0.25) is 4.79 Å². The van der Waals surface area contributed by atoms with E-state index in [1.54, 1.807) is 0 Å². The number of aromatic amines is 1. The number of carboxylic acid groups (broad SMARTS) is 1. The molecule has 2 aromatic rings. The molecule has 0 amide bonds. The molecule has 1 fully saturated rings. The summed E-state index contributed by atoms with van der Waals surface area (Å²) in [5.74, 6) is -0.432. The zero-order chi connectivity index (χ0) is 11.8. The van der Waals surface area contributed by atoms with Gasteiger partial charge in [-0.2, -0.15) is 0 Å². The molecule has 2 unspecified atom stereocenters. The number of fused-ring (bicyclic) bond motifs is 1. The lowest BCUT2D eigenvalue weighted by molar-refractivity contribution is -0.141. The van der Waals surface area contributed by atoms with Gasteiger partial charge in [0.2, 0.25) is 0 Å². The zero-order valence-corrected chi connectivity index (χ0v) is 9.52. The van der Waals surface area contributed by atoms with Crippen molar-refractivity contribution >= 4 is 16.9 Å². The Kier molecular flexibility index (Phi) is 2.39. The Morgan fingerprint density at radius 3 is 2.82 bits per heavy atom. The summed E-state index contributed by atoms with van der Waals surface area (Å²) in [6, 6.07) is 10.3. The van der Waals surface area contributed by atoms with Crippen molar-refractivity contribution in [1.29, 1.82) is 0 Å². The number of aromatic nitrogens is 1. The molecule has 1 saturated carbocycles. The highest BCUT2D eigenvalue weighted by Crippen LogP contribution is 2.38. The molecule has 3 rings (SSSR count). The van der Waals surface area contributed by atoms with Crippen molar-refractivity contribution in [2.75, 3.05) is 0 Å². The second-order valence-corrected chi connectivity index (χ2v) is 4.86. The number of carboxylic acids is 1. The number of benzene rings is 1. The molecule has 0 radical (unpaired) electrons. The first-order chi connectivity index (χ1) is 8.24. The van der Waals surface area contributed by atoms with E-state index in [-0.39, 0.29) is 5.92 Å². The first-order valence-electron chi connectivity index (χ1n) is 6.04. The lowest BCUT2D eigenvalue weighted by Crippen LogP contribution is -2.09. The lowest BCUT2D eigenvalue weighted by Gasteiger charge is -2.06. The maximum absolute atomic E-state index is 10.9. The number of carbonyl (C=O) groups is 1. The van der Waals surface area contributed by atoms with Gasteiger partial charge in [-0.25, -0.2) is 0 Å². The third-order valence-electron chi connectivity index (χ3n) is 3.77. The first-order valence-corrected chi connectivity index (χ1v) is 6.04. The second kappa shape index (κ2) is 3.91. The van der Waals surface area contributed by atoms with E-state index in [1.165, 1.54) is 11.1 Å². The zero-order valence-electron chi connectivity index (χ0n) is 9.52. The van der Waals surface area contributed by atoms with Crippen LogP contribution in [0.4, 0.5) is 0 Å². The average Bonchev–Trinajstić information content (AvgIpc) is 2.95. The fourth-order valence-electron chi connectivity index (χ4n) is 2.80. The minimum atomic E-state index is -0.649. The number of H-pyrrole nitrogens is 1. The van der Waals surface area contributed by atoms with Gasteiger partial charge in [-0.15, -0.1) is 0 Å². The van der Waals surface area contributed by atoms with Crippen LogP contribution in [0.1, 0.15) is 30.9 Å². The summed E-state index contributed by atoms with van der Waals surface area (Å²) in [6.07, 6.45) is 2.54. The van der Waals surface area contributed by atoms with Crippen LogP contribution in [-0.2, 0) is 4.79 Å². The Morgan fingerprint density at radius 1 is 1.29 bits per heavy atom. The maximum atomic E-state index is 10.9. The summed E-state index contributed by atoms with van der Waals surface area (Å²) >= 11 is 0. The normalized spacial score (nSPS) is 24.2. The highest BCUT2D eigenvalue weighted by Gasteiger charge is 2.31. The summed E-state index contributed by atoms with van der Waals surface area (Å²) in [4.78, 5) is 14.3. The molecule has 3 heteroatoms. The fraction of sp³-hybridized carbons (Fsp3) is 0.357. The quantitative estimate of drug-likeness (QED) is 0.831. The van der Waals surface area contributed by atoms with Crippen LogP contribution >= 0.6 is 0 Å². The molecule has 1 aromatic carbocycles. The van der Waals surface area contributed by atoms with E-state index in [1.807, 2.05) is 12.1 Å². The van der Waals surface area contributed by atoms with Crippen LogP contribution in [0.25, 0.3) is 10.9 Å². The van der Waals surface area contributed by atoms with Gasteiger partial charge in [-0.05, 0) is 42.7 Å². The number of para-hydroxylation sites is 1. The Morgan fingerprint density at radius 2 is 2.12 bits per heavy atom. The topological polar surface area (TPSA) is 53.1 Å².